The molecule has 24 heavy (non-hydrogen) atoms. The summed E-state index contributed by atoms with van der Waals surface area (Å²) in [6, 6.07) is 3.22. The van der Waals surface area contributed by atoms with Crippen LogP contribution in [0.25, 0.3) is 0 Å². The summed E-state index contributed by atoms with van der Waals surface area (Å²) in [5, 5.41) is 9.55. The lowest BCUT2D eigenvalue weighted by Gasteiger charge is -2.13. The van der Waals surface area contributed by atoms with E-state index in [1.165, 1.54) is 31.3 Å². The second-order valence-corrected chi connectivity index (χ2v) is 5.83. The van der Waals surface area contributed by atoms with Crippen LogP contribution in [0, 0.1) is 6.92 Å². The van der Waals surface area contributed by atoms with Crippen molar-refractivity contribution in [3.8, 4) is 0 Å². The van der Waals surface area contributed by atoms with Gasteiger partial charge in [0.1, 0.15) is 11.5 Å². The van der Waals surface area contributed by atoms with Crippen molar-refractivity contribution in [3.63, 3.8) is 0 Å². The van der Waals surface area contributed by atoms with Crippen LogP contribution in [-0.4, -0.2) is 27.6 Å². The summed E-state index contributed by atoms with van der Waals surface area (Å²) in [6.45, 7) is 2.52. The summed E-state index contributed by atoms with van der Waals surface area (Å²) in [5.41, 5.74) is 1.77. The molecule has 7 heteroatoms. The number of carbonyl (C=O) groups is 1. The van der Waals surface area contributed by atoms with E-state index in [1.807, 2.05) is 0 Å². The van der Waals surface area contributed by atoms with Crippen LogP contribution < -0.4 is 10.6 Å². The van der Waals surface area contributed by atoms with Gasteiger partial charge in [-0.25, -0.2) is 9.97 Å². The third-order valence-corrected chi connectivity index (χ3v) is 3.87. The summed E-state index contributed by atoms with van der Waals surface area (Å²) < 4.78 is 4.92. The average molecular weight is 327 g/mol. The Morgan fingerprint density at radius 1 is 1.38 bits per heavy atom. The van der Waals surface area contributed by atoms with Crippen molar-refractivity contribution < 1.29 is 9.32 Å². The Kier molecular flexibility index (Phi) is 5.20. The van der Waals surface area contributed by atoms with Gasteiger partial charge in [-0.1, -0.05) is 16.8 Å². The van der Waals surface area contributed by atoms with Crippen LogP contribution in [-0.2, 0) is 0 Å². The molecule has 2 N–H and O–H groups in total. The summed E-state index contributed by atoms with van der Waals surface area (Å²) in [4.78, 5) is 20.6. The van der Waals surface area contributed by atoms with Crippen molar-refractivity contribution in [2.75, 3.05) is 17.2 Å². The van der Waals surface area contributed by atoms with E-state index < -0.39 is 0 Å². The largest absolute Gasteiger partial charge is 0.360 e. The quantitative estimate of drug-likeness (QED) is 0.791. The van der Waals surface area contributed by atoms with Crippen LogP contribution in [0.1, 0.15) is 48.4 Å². The lowest BCUT2D eigenvalue weighted by Crippen LogP contribution is -2.16. The monoisotopic (exact) mass is 327 g/mol. The van der Waals surface area contributed by atoms with E-state index >= 15 is 0 Å². The van der Waals surface area contributed by atoms with Crippen LogP contribution >= 0.6 is 0 Å². The fourth-order valence-corrected chi connectivity index (χ4v) is 2.64. The standard InChI is InChI=1S/C17H21N5O2/c1-12-11-15(22-24-12)21-16(23)14-8-10-19-17(20-14)18-9-7-13-5-3-2-4-6-13/h5,8,10-11H,2-4,6-7,9H2,1H3,(H,18,19,20)(H,21,22,23). The topological polar surface area (TPSA) is 92.9 Å². The predicted octanol–water partition coefficient (Wildman–Crippen LogP) is 3.33. The fourth-order valence-electron chi connectivity index (χ4n) is 2.64. The molecule has 0 atom stereocenters. The van der Waals surface area contributed by atoms with Crippen LogP contribution in [0.3, 0.4) is 0 Å². The van der Waals surface area contributed by atoms with Crippen LogP contribution in [0.5, 0.6) is 0 Å². The van der Waals surface area contributed by atoms with Crippen molar-refractivity contribution in [2.24, 2.45) is 0 Å². The van der Waals surface area contributed by atoms with E-state index in [9.17, 15) is 4.79 Å². The molecule has 1 amide bonds. The van der Waals surface area contributed by atoms with Crippen LogP contribution in [0.4, 0.5) is 11.8 Å². The van der Waals surface area contributed by atoms with E-state index in [2.05, 4.69) is 31.8 Å². The highest BCUT2D eigenvalue weighted by atomic mass is 16.5. The van der Waals surface area contributed by atoms with Crippen molar-refractivity contribution in [1.29, 1.82) is 0 Å². The Morgan fingerprint density at radius 2 is 2.29 bits per heavy atom. The first-order chi connectivity index (χ1) is 11.7. The number of hydrogen-bond donors (Lipinski definition) is 2. The van der Waals surface area contributed by atoms with E-state index in [1.54, 1.807) is 25.3 Å². The van der Waals surface area contributed by atoms with Gasteiger partial charge in [0, 0.05) is 18.8 Å². The Balaban J connectivity index is 1.55. The van der Waals surface area contributed by atoms with E-state index in [0.29, 0.717) is 17.5 Å². The van der Waals surface area contributed by atoms with Gasteiger partial charge in [-0.05, 0) is 45.1 Å². The molecule has 126 valence electrons. The maximum atomic E-state index is 12.2. The second-order valence-electron chi connectivity index (χ2n) is 5.83. The highest BCUT2D eigenvalue weighted by molar-refractivity contribution is 6.02. The molecule has 0 fully saturated rings. The number of rotatable bonds is 6. The van der Waals surface area contributed by atoms with Crippen molar-refractivity contribution in [2.45, 2.75) is 39.0 Å². The summed E-state index contributed by atoms with van der Waals surface area (Å²) in [5.74, 6) is 1.11. The zero-order valence-corrected chi connectivity index (χ0v) is 13.7. The van der Waals surface area contributed by atoms with Gasteiger partial charge in [-0.2, -0.15) is 0 Å². The minimum absolute atomic E-state index is 0.282. The predicted molar refractivity (Wildman–Crippen MR) is 90.9 cm³/mol. The maximum Gasteiger partial charge on any atom is 0.275 e. The van der Waals surface area contributed by atoms with Gasteiger partial charge in [0.2, 0.25) is 5.95 Å². The Morgan fingerprint density at radius 3 is 3.04 bits per heavy atom. The molecule has 0 saturated heterocycles. The molecule has 2 heterocycles. The second kappa shape index (κ2) is 7.72. The van der Waals surface area contributed by atoms with E-state index in [0.717, 1.165) is 13.0 Å². The molecule has 0 saturated carbocycles. The number of nitrogens with one attached hydrogen (secondary N) is 2. The van der Waals surface area contributed by atoms with Gasteiger partial charge in [-0.3, -0.25) is 4.79 Å². The first-order valence-electron chi connectivity index (χ1n) is 8.20. The number of amides is 1. The maximum absolute atomic E-state index is 12.2. The lowest BCUT2D eigenvalue weighted by molar-refractivity contribution is 0.102. The fraction of sp³-hybridized carbons (Fsp3) is 0.412. The Bertz CT molecular complexity index is 738. The van der Waals surface area contributed by atoms with Crippen molar-refractivity contribution in [3.05, 3.63) is 41.4 Å². The SMILES string of the molecule is Cc1cc(NC(=O)c2ccnc(NCCC3=CCCCC3)n2)no1. The van der Waals surface area contributed by atoms with Gasteiger partial charge in [0.25, 0.3) is 5.91 Å². The average Bonchev–Trinajstić information content (AvgIpc) is 3.01. The van der Waals surface area contributed by atoms with Gasteiger partial charge in [0.15, 0.2) is 5.82 Å². The number of anilines is 2. The van der Waals surface area contributed by atoms with Crippen LogP contribution in [0.2, 0.25) is 0 Å². The van der Waals surface area contributed by atoms with Crippen LogP contribution in [0.15, 0.2) is 34.5 Å². The molecule has 0 aliphatic heterocycles. The molecule has 0 unspecified atom stereocenters. The number of carbonyl (C=O) groups excluding carboxylic acids is 1. The first kappa shape index (κ1) is 16.2. The van der Waals surface area contributed by atoms with E-state index in [4.69, 9.17) is 4.52 Å². The minimum Gasteiger partial charge on any atom is -0.360 e. The highest BCUT2D eigenvalue weighted by Gasteiger charge is 2.11. The van der Waals surface area contributed by atoms with Crippen molar-refractivity contribution >= 4 is 17.7 Å². The third kappa shape index (κ3) is 4.41. The number of nitrogens with zero attached hydrogens (tertiary/aromatic N) is 3. The van der Waals surface area contributed by atoms with Gasteiger partial charge in [-0.15, -0.1) is 0 Å². The number of aromatic nitrogens is 3. The smallest absolute Gasteiger partial charge is 0.275 e. The molecule has 0 radical (unpaired) electrons. The molecule has 3 rings (SSSR count). The zero-order chi connectivity index (χ0) is 16.8. The normalized spacial score (nSPS) is 14.1. The molecular weight excluding hydrogens is 306 g/mol. The Hall–Kier alpha value is -2.70. The Labute approximate surface area is 140 Å². The van der Waals surface area contributed by atoms with Gasteiger partial charge >= 0.3 is 0 Å². The molecule has 0 aromatic carbocycles. The number of aryl methyl sites for hydroxylation is 1. The third-order valence-electron chi connectivity index (χ3n) is 3.87. The van der Waals surface area contributed by atoms with E-state index in [-0.39, 0.29) is 11.6 Å². The molecular formula is C17H21N5O2. The molecule has 0 bridgehead atoms. The molecule has 1 aliphatic carbocycles. The number of hydrogen-bond acceptors (Lipinski definition) is 6. The lowest BCUT2D eigenvalue weighted by atomic mass is 9.97. The van der Waals surface area contributed by atoms with Crippen molar-refractivity contribution in [1.82, 2.24) is 15.1 Å². The summed E-state index contributed by atoms with van der Waals surface area (Å²) in [6.07, 6.45) is 9.82. The molecule has 2 aromatic rings. The zero-order valence-electron chi connectivity index (χ0n) is 13.7. The highest BCUT2D eigenvalue weighted by Crippen LogP contribution is 2.19. The molecule has 1 aliphatic rings. The summed E-state index contributed by atoms with van der Waals surface area (Å²) >= 11 is 0. The number of allylic oxidation sites excluding steroid dienone is 1. The molecule has 7 nitrogen and oxygen atoms in total. The first-order valence-corrected chi connectivity index (χ1v) is 8.20. The summed E-state index contributed by atoms with van der Waals surface area (Å²) in [7, 11) is 0. The minimum atomic E-state index is -0.344. The molecule has 0 spiro atoms. The molecule has 2 aromatic heterocycles. The van der Waals surface area contributed by atoms with Gasteiger partial charge in [0.05, 0.1) is 0 Å². The van der Waals surface area contributed by atoms with Gasteiger partial charge < -0.3 is 15.2 Å².